The zero-order chi connectivity index (χ0) is 25.3. The van der Waals surface area contributed by atoms with Gasteiger partial charge >= 0.3 is 0 Å². The standard InChI is InChI=1S/C29H29ClN2O3S/c1-29(2,3)19-8-12-23-25(15-19)36-28(26(23)27(33)31-16-21-5-4-14-34-21)32-17-22-11-13-24(35-22)18-6-9-20(30)10-7-18/h4-7,9-11,13-14,17,19H,8,12,15-16H2,1-3H3,(H,31,33)/t19-/m1/s1. The molecule has 0 spiro atoms. The van der Waals surface area contributed by atoms with Crippen molar-refractivity contribution in [2.75, 3.05) is 0 Å². The molecule has 4 aromatic rings. The molecule has 5 nitrogen and oxygen atoms in total. The molecule has 186 valence electrons. The molecule has 0 aliphatic heterocycles. The van der Waals surface area contributed by atoms with Gasteiger partial charge in [0.2, 0.25) is 0 Å². The van der Waals surface area contributed by atoms with Crippen molar-refractivity contribution in [1.82, 2.24) is 5.32 Å². The summed E-state index contributed by atoms with van der Waals surface area (Å²) >= 11 is 7.62. The SMILES string of the molecule is CC(C)(C)[C@@H]1CCc2c(sc(N=Cc3ccc(-c4ccc(Cl)cc4)o3)c2C(=O)NCc2ccco2)C1. The average molecular weight is 521 g/mol. The van der Waals surface area contributed by atoms with E-state index in [1.54, 1.807) is 23.8 Å². The summed E-state index contributed by atoms with van der Waals surface area (Å²) in [4.78, 5) is 19.4. The van der Waals surface area contributed by atoms with E-state index in [9.17, 15) is 4.79 Å². The minimum absolute atomic E-state index is 0.119. The van der Waals surface area contributed by atoms with Gasteiger partial charge in [-0.3, -0.25) is 4.79 Å². The maximum atomic E-state index is 13.3. The summed E-state index contributed by atoms with van der Waals surface area (Å²) in [6.45, 7) is 7.22. The second-order valence-electron chi connectivity index (χ2n) is 10.2. The molecule has 1 amide bonds. The molecule has 1 N–H and O–H groups in total. The van der Waals surface area contributed by atoms with Crippen LogP contribution in [0.2, 0.25) is 5.02 Å². The van der Waals surface area contributed by atoms with E-state index in [2.05, 4.69) is 26.1 Å². The summed E-state index contributed by atoms with van der Waals surface area (Å²) in [6, 6.07) is 15.0. The number of halogens is 1. The molecule has 7 heteroatoms. The van der Waals surface area contributed by atoms with E-state index in [1.165, 1.54) is 4.88 Å². The topological polar surface area (TPSA) is 67.7 Å². The number of benzene rings is 1. The van der Waals surface area contributed by atoms with Gasteiger partial charge in [0, 0.05) is 15.5 Å². The van der Waals surface area contributed by atoms with Crippen LogP contribution >= 0.6 is 22.9 Å². The second kappa shape index (κ2) is 10.1. The Morgan fingerprint density at radius 2 is 2.00 bits per heavy atom. The summed E-state index contributed by atoms with van der Waals surface area (Å²) < 4.78 is 11.4. The van der Waals surface area contributed by atoms with Gasteiger partial charge in [0.25, 0.3) is 5.91 Å². The van der Waals surface area contributed by atoms with Gasteiger partial charge in [-0.1, -0.05) is 32.4 Å². The number of aliphatic imine (C=N–C) groups is 1. The number of fused-ring (bicyclic) bond motifs is 1. The molecule has 1 aromatic carbocycles. The van der Waals surface area contributed by atoms with Gasteiger partial charge in [-0.05, 0) is 84.7 Å². The predicted octanol–water partition coefficient (Wildman–Crippen LogP) is 8.09. The third kappa shape index (κ3) is 5.35. The van der Waals surface area contributed by atoms with Crippen LogP contribution in [0.3, 0.4) is 0 Å². The molecule has 0 unspecified atom stereocenters. The lowest BCUT2D eigenvalue weighted by Crippen LogP contribution is -2.28. The van der Waals surface area contributed by atoms with Crippen molar-refractivity contribution in [2.45, 2.75) is 46.6 Å². The molecule has 3 aromatic heterocycles. The number of carbonyl (C=O) groups is 1. The number of carbonyl (C=O) groups excluding carboxylic acids is 1. The first-order chi connectivity index (χ1) is 17.3. The number of thiophene rings is 1. The van der Waals surface area contributed by atoms with Gasteiger partial charge in [0.15, 0.2) is 0 Å². The van der Waals surface area contributed by atoms with Crippen LogP contribution < -0.4 is 5.32 Å². The van der Waals surface area contributed by atoms with Crippen LogP contribution in [-0.2, 0) is 19.4 Å². The normalized spacial score (nSPS) is 15.8. The number of rotatable bonds is 6. The summed E-state index contributed by atoms with van der Waals surface area (Å²) in [5.74, 6) is 2.54. The number of furan rings is 2. The Labute approximate surface area is 220 Å². The van der Waals surface area contributed by atoms with E-state index in [4.69, 9.17) is 25.4 Å². The molecule has 0 saturated heterocycles. The monoisotopic (exact) mass is 520 g/mol. The van der Waals surface area contributed by atoms with Crippen molar-refractivity contribution in [1.29, 1.82) is 0 Å². The van der Waals surface area contributed by atoms with Crippen molar-refractivity contribution < 1.29 is 13.6 Å². The fourth-order valence-corrected chi connectivity index (χ4v) is 6.01. The fourth-order valence-electron chi connectivity index (χ4n) is 4.62. The van der Waals surface area contributed by atoms with Gasteiger partial charge in [-0.2, -0.15) is 0 Å². The minimum atomic E-state index is -0.119. The molecule has 1 atom stereocenters. The summed E-state index contributed by atoms with van der Waals surface area (Å²) in [5.41, 5.74) is 2.97. The molecule has 0 bridgehead atoms. The van der Waals surface area contributed by atoms with Crippen molar-refractivity contribution in [3.05, 3.63) is 87.3 Å². The molecular weight excluding hydrogens is 492 g/mol. The molecule has 36 heavy (non-hydrogen) atoms. The largest absolute Gasteiger partial charge is 0.467 e. The highest BCUT2D eigenvalue weighted by molar-refractivity contribution is 7.16. The molecule has 0 fully saturated rings. The van der Waals surface area contributed by atoms with Crippen LogP contribution in [-0.4, -0.2) is 12.1 Å². The summed E-state index contributed by atoms with van der Waals surface area (Å²) in [6.07, 6.45) is 6.23. The van der Waals surface area contributed by atoms with Crippen molar-refractivity contribution >= 4 is 40.1 Å². The van der Waals surface area contributed by atoms with Gasteiger partial charge in [0.1, 0.15) is 22.3 Å². The Morgan fingerprint density at radius 1 is 1.19 bits per heavy atom. The third-order valence-electron chi connectivity index (χ3n) is 6.77. The van der Waals surface area contributed by atoms with E-state index >= 15 is 0 Å². The highest BCUT2D eigenvalue weighted by Gasteiger charge is 2.33. The Morgan fingerprint density at radius 3 is 2.72 bits per heavy atom. The van der Waals surface area contributed by atoms with E-state index in [0.29, 0.717) is 28.8 Å². The van der Waals surface area contributed by atoms with E-state index in [0.717, 1.165) is 46.9 Å². The second-order valence-corrected chi connectivity index (χ2v) is 11.7. The molecule has 5 rings (SSSR count). The molecular formula is C29H29ClN2O3S. The van der Waals surface area contributed by atoms with E-state index in [-0.39, 0.29) is 11.3 Å². The zero-order valence-electron chi connectivity index (χ0n) is 20.6. The highest BCUT2D eigenvalue weighted by Crippen LogP contribution is 2.45. The Hall–Kier alpha value is -3.09. The molecule has 0 saturated carbocycles. The smallest absolute Gasteiger partial charge is 0.255 e. The van der Waals surface area contributed by atoms with Gasteiger partial charge < -0.3 is 14.2 Å². The first-order valence-electron chi connectivity index (χ1n) is 12.1. The van der Waals surface area contributed by atoms with Crippen LogP contribution in [0.4, 0.5) is 5.00 Å². The lowest BCUT2D eigenvalue weighted by atomic mass is 9.72. The van der Waals surface area contributed by atoms with Gasteiger partial charge in [-0.15, -0.1) is 11.3 Å². The first-order valence-corrected chi connectivity index (χ1v) is 13.3. The number of nitrogens with one attached hydrogen (secondary N) is 1. The molecule has 0 radical (unpaired) electrons. The van der Waals surface area contributed by atoms with E-state index in [1.807, 2.05) is 48.5 Å². The van der Waals surface area contributed by atoms with Crippen LogP contribution in [0.25, 0.3) is 11.3 Å². The quantitative estimate of drug-likeness (QED) is 0.261. The fraction of sp³-hybridized carbons (Fsp3) is 0.310. The van der Waals surface area contributed by atoms with Crippen LogP contribution in [0.1, 0.15) is 59.5 Å². The number of hydrogen-bond acceptors (Lipinski definition) is 5. The van der Waals surface area contributed by atoms with Crippen molar-refractivity contribution in [3.63, 3.8) is 0 Å². The van der Waals surface area contributed by atoms with Crippen LogP contribution in [0.15, 0.2) is 68.6 Å². The lowest BCUT2D eigenvalue weighted by molar-refractivity contribution is 0.0947. The minimum Gasteiger partial charge on any atom is -0.467 e. The number of hydrogen-bond donors (Lipinski definition) is 1. The maximum absolute atomic E-state index is 13.3. The molecule has 3 heterocycles. The van der Waals surface area contributed by atoms with Crippen molar-refractivity contribution in [3.8, 4) is 11.3 Å². The van der Waals surface area contributed by atoms with Gasteiger partial charge in [-0.25, -0.2) is 4.99 Å². The summed E-state index contributed by atoms with van der Waals surface area (Å²) in [7, 11) is 0. The Kier molecular flexibility index (Phi) is 6.91. The average Bonchev–Trinajstić information content (AvgIpc) is 3.60. The molecule has 1 aliphatic rings. The zero-order valence-corrected chi connectivity index (χ0v) is 22.2. The molecule has 1 aliphatic carbocycles. The van der Waals surface area contributed by atoms with Crippen LogP contribution in [0, 0.1) is 11.3 Å². The highest BCUT2D eigenvalue weighted by atomic mass is 35.5. The van der Waals surface area contributed by atoms with Crippen molar-refractivity contribution in [2.24, 2.45) is 16.3 Å². The Balaban J connectivity index is 1.42. The third-order valence-corrected chi connectivity index (χ3v) is 8.18. The van der Waals surface area contributed by atoms with E-state index < -0.39 is 0 Å². The first kappa shape index (κ1) is 24.6. The lowest BCUT2D eigenvalue weighted by Gasteiger charge is -2.33. The number of nitrogens with zero attached hydrogens (tertiary/aromatic N) is 1. The van der Waals surface area contributed by atoms with Gasteiger partial charge in [0.05, 0.1) is 24.6 Å². The number of amides is 1. The summed E-state index contributed by atoms with van der Waals surface area (Å²) in [5, 5.41) is 4.41. The predicted molar refractivity (Wildman–Crippen MR) is 146 cm³/mol. The Bertz CT molecular complexity index is 1380. The van der Waals surface area contributed by atoms with Crippen LogP contribution in [0.5, 0.6) is 0 Å². The maximum Gasteiger partial charge on any atom is 0.255 e.